The highest BCUT2D eigenvalue weighted by Crippen LogP contribution is 2.32. The predicted molar refractivity (Wildman–Crippen MR) is 106 cm³/mol. The first-order chi connectivity index (χ1) is 14.4. The van der Waals surface area contributed by atoms with E-state index in [0.717, 1.165) is 11.0 Å². The van der Waals surface area contributed by atoms with Gasteiger partial charge >= 0.3 is 5.97 Å². The van der Waals surface area contributed by atoms with Crippen LogP contribution >= 0.6 is 0 Å². The first-order valence-corrected chi connectivity index (χ1v) is 9.35. The molecule has 0 bridgehead atoms. The molecule has 7 heteroatoms. The standard InChI is InChI=1S/C23H18F2N2O3/c1-23(13-15-6-2-3-8-18(15)21(28)30-23)22(29)27(14-17-7-4-5-11-26-17)20-10-9-16(24)12-19(20)25/h2-12H,13-14H2,1H3. The largest absolute Gasteiger partial charge is 0.445 e. The molecule has 5 nitrogen and oxygen atoms in total. The van der Waals surface area contributed by atoms with Gasteiger partial charge in [-0.1, -0.05) is 24.3 Å². The Balaban J connectivity index is 1.75. The minimum Gasteiger partial charge on any atom is -0.445 e. The fourth-order valence-corrected chi connectivity index (χ4v) is 3.56. The van der Waals surface area contributed by atoms with E-state index in [2.05, 4.69) is 4.98 Å². The maximum absolute atomic E-state index is 14.6. The molecule has 2 aromatic carbocycles. The van der Waals surface area contributed by atoms with Crippen molar-refractivity contribution in [2.24, 2.45) is 0 Å². The molecule has 0 saturated carbocycles. The molecule has 0 spiro atoms. The van der Waals surface area contributed by atoms with Crippen LogP contribution in [-0.2, 0) is 22.5 Å². The molecule has 0 radical (unpaired) electrons. The van der Waals surface area contributed by atoms with Gasteiger partial charge in [-0.2, -0.15) is 0 Å². The van der Waals surface area contributed by atoms with E-state index in [0.29, 0.717) is 22.9 Å². The Morgan fingerprint density at radius 3 is 2.63 bits per heavy atom. The highest BCUT2D eigenvalue weighted by molar-refractivity contribution is 6.03. The molecular formula is C23H18F2N2O3. The monoisotopic (exact) mass is 408 g/mol. The van der Waals surface area contributed by atoms with E-state index in [4.69, 9.17) is 4.74 Å². The van der Waals surface area contributed by atoms with Crippen LogP contribution < -0.4 is 4.90 Å². The molecule has 152 valence electrons. The number of benzene rings is 2. The number of hydrogen-bond acceptors (Lipinski definition) is 4. The molecule has 1 aromatic heterocycles. The molecule has 3 aromatic rings. The maximum Gasteiger partial charge on any atom is 0.339 e. The summed E-state index contributed by atoms with van der Waals surface area (Å²) in [7, 11) is 0. The molecule has 30 heavy (non-hydrogen) atoms. The van der Waals surface area contributed by atoms with Crippen molar-refractivity contribution in [1.82, 2.24) is 4.98 Å². The Labute approximate surface area is 171 Å². The summed E-state index contributed by atoms with van der Waals surface area (Å²) in [6, 6.07) is 15.0. The molecule has 1 amide bonds. The molecule has 1 aliphatic heterocycles. The van der Waals surface area contributed by atoms with Crippen molar-refractivity contribution >= 4 is 17.6 Å². The second-order valence-electron chi connectivity index (χ2n) is 7.26. The number of ether oxygens (including phenoxy) is 1. The summed E-state index contributed by atoms with van der Waals surface area (Å²) >= 11 is 0. The molecule has 0 N–H and O–H groups in total. The number of cyclic esters (lactones) is 1. The maximum atomic E-state index is 14.6. The smallest absolute Gasteiger partial charge is 0.339 e. The van der Waals surface area contributed by atoms with E-state index in [1.807, 2.05) is 0 Å². The first kappa shape index (κ1) is 19.7. The lowest BCUT2D eigenvalue weighted by Crippen LogP contribution is -2.53. The average Bonchev–Trinajstić information content (AvgIpc) is 2.73. The molecular weight excluding hydrogens is 390 g/mol. The van der Waals surface area contributed by atoms with Crippen molar-refractivity contribution in [3.05, 3.63) is 95.3 Å². The zero-order valence-electron chi connectivity index (χ0n) is 16.1. The Kier molecular flexibility index (Phi) is 5.03. The number of nitrogens with zero attached hydrogens (tertiary/aromatic N) is 2. The number of fused-ring (bicyclic) bond motifs is 1. The second kappa shape index (κ2) is 7.67. The summed E-state index contributed by atoms with van der Waals surface area (Å²) < 4.78 is 33.6. The molecule has 1 unspecified atom stereocenters. The van der Waals surface area contributed by atoms with Gasteiger partial charge in [0.25, 0.3) is 5.91 Å². The van der Waals surface area contributed by atoms with E-state index in [1.54, 1.807) is 48.7 Å². The number of esters is 1. The number of halogens is 2. The van der Waals surface area contributed by atoms with Crippen LogP contribution in [0.5, 0.6) is 0 Å². The van der Waals surface area contributed by atoms with Crippen molar-refractivity contribution in [3.8, 4) is 0 Å². The lowest BCUT2D eigenvalue weighted by Gasteiger charge is -2.37. The predicted octanol–water partition coefficient (Wildman–Crippen LogP) is 4.06. The van der Waals surface area contributed by atoms with Crippen LogP contribution in [0.1, 0.15) is 28.5 Å². The fourth-order valence-electron chi connectivity index (χ4n) is 3.56. The third-order valence-corrected chi connectivity index (χ3v) is 5.03. The molecule has 2 heterocycles. The quantitative estimate of drug-likeness (QED) is 0.611. The number of rotatable bonds is 4. The van der Waals surface area contributed by atoms with Crippen LogP contribution in [0.15, 0.2) is 66.9 Å². The Bertz CT molecular complexity index is 1120. The second-order valence-corrected chi connectivity index (χ2v) is 7.26. The van der Waals surface area contributed by atoms with Crippen LogP contribution in [0, 0.1) is 11.6 Å². The topological polar surface area (TPSA) is 59.5 Å². The molecule has 4 rings (SSSR count). The number of aromatic nitrogens is 1. The minimum atomic E-state index is -1.55. The van der Waals surface area contributed by atoms with Gasteiger partial charge < -0.3 is 9.64 Å². The van der Waals surface area contributed by atoms with E-state index in [-0.39, 0.29) is 18.7 Å². The first-order valence-electron chi connectivity index (χ1n) is 9.35. The van der Waals surface area contributed by atoms with E-state index in [9.17, 15) is 18.4 Å². The van der Waals surface area contributed by atoms with E-state index in [1.165, 1.54) is 13.0 Å². The summed E-state index contributed by atoms with van der Waals surface area (Å²) in [5.74, 6) is -2.90. The summed E-state index contributed by atoms with van der Waals surface area (Å²) in [6.07, 6.45) is 1.69. The van der Waals surface area contributed by atoms with Gasteiger partial charge in [0.2, 0.25) is 0 Å². The number of carbonyl (C=O) groups is 2. The molecule has 0 saturated heterocycles. The summed E-state index contributed by atoms with van der Waals surface area (Å²) in [5, 5.41) is 0. The molecule has 0 aliphatic carbocycles. The van der Waals surface area contributed by atoms with Crippen molar-refractivity contribution in [3.63, 3.8) is 0 Å². The van der Waals surface area contributed by atoms with Crippen molar-refractivity contribution in [1.29, 1.82) is 0 Å². The van der Waals surface area contributed by atoms with E-state index >= 15 is 0 Å². The summed E-state index contributed by atoms with van der Waals surface area (Å²) in [6.45, 7) is 1.42. The lowest BCUT2D eigenvalue weighted by molar-refractivity contribution is -0.137. The summed E-state index contributed by atoms with van der Waals surface area (Å²) in [5.41, 5.74) is -0.112. The zero-order valence-corrected chi connectivity index (χ0v) is 16.1. The van der Waals surface area contributed by atoms with Gasteiger partial charge in [0, 0.05) is 18.7 Å². The minimum absolute atomic E-state index is 0.0724. The SMILES string of the molecule is CC1(C(=O)N(Cc2ccccn2)c2ccc(F)cc2F)Cc2ccccc2C(=O)O1. The Morgan fingerprint density at radius 1 is 1.13 bits per heavy atom. The van der Waals surface area contributed by atoms with Crippen LogP contribution in [0.4, 0.5) is 14.5 Å². The van der Waals surface area contributed by atoms with Crippen LogP contribution in [0.25, 0.3) is 0 Å². The molecule has 1 atom stereocenters. The number of amides is 1. The highest BCUT2D eigenvalue weighted by Gasteiger charge is 2.45. The van der Waals surface area contributed by atoms with Gasteiger partial charge in [0.05, 0.1) is 23.5 Å². The Hall–Kier alpha value is -3.61. The third-order valence-electron chi connectivity index (χ3n) is 5.03. The third kappa shape index (κ3) is 3.66. The van der Waals surface area contributed by atoms with Gasteiger partial charge in [-0.3, -0.25) is 9.78 Å². The van der Waals surface area contributed by atoms with Gasteiger partial charge in [-0.05, 0) is 42.8 Å². The zero-order chi connectivity index (χ0) is 21.3. The van der Waals surface area contributed by atoms with Crippen LogP contribution in [-0.4, -0.2) is 22.5 Å². The van der Waals surface area contributed by atoms with Gasteiger partial charge in [0.1, 0.15) is 11.6 Å². The number of pyridine rings is 1. The average molecular weight is 408 g/mol. The fraction of sp³-hybridized carbons (Fsp3) is 0.174. The van der Waals surface area contributed by atoms with Crippen molar-refractivity contribution in [2.75, 3.05) is 4.90 Å². The number of anilines is 1. The lowest BCUT2D eigenvalue weighted by atomic mass is 9.88. The normalized spacial score (nSPS) is 17.8. The van der Waals surface area contributed by atoms with Crippen molar-refractivity contribution in [2.45, 2.75) is 25.5 Å². The van der Waals surface area contributed by atoms with Crippen LogP contribution in [0.2, 0.25) is 0 Å². The van der Waals surface area contributed by atoms with E-state index < -0.39 is 29.1 Å². The molecule has 1 aliphatic rings. The number of carbonyl (C=O) groups excluding carboxylic acids is 2. The van der Waals surface area contributed by atoms with Crippen molar-refractivity contribution < 1.29 is 23.1 Å². The van der Waals surface area contributed by atoms with Crippen LogP contribution in [0.3, 0.4) is 0 Å². The number of hydrogen-bond donors (Lipinski definition) is 0. The Morgan fingerprint density at radius 2 is 1.90 bits per heavy atom. The highest BCUT2D eigenvalue weighted by atomic mass is 19.1. The van der Waals surface area contributed by atoms with Gasteiger partial charge in [0.15, 0.2) is 5.60 Å². The van der Waals surface area contributed by atoms with Gasteiger partial charge in [-0.15, -0.1) is 0 Å². The summed E-state index contributed by atoms with van der Waals surface area (Å²) in [4.78, 5) is 31.4. The van der Waals surface area contributed by atoms with Gasteiger partial charge in [-0.25, -0.2) is 13.6 Å². The molecule has 0 fully saturated rings.